The first kappa shape index (κ1) is 11.1. The zero-order valence-corrected chi connectivity index (χ0v) is 9.78. The lowest BCUT2D eigenvalue weighted by atomic mass is 10.0. The highest BCUT2D eigenvalue weighted by Crippen LogP contribution is 2.21. The van der Waals surface area contributed by atoms with E-state index in [1.54, 1.807) is 0 Å². The lowest BCUT2D eigenvalue weighted by molar-refractivity contribution is 0.622. The fraction of sp³-hybridized carbons (Fsp3) is 0.462. The Morgan fingerprint density at radius 3 is 2.62 bits per heavy atom. The van der Waals surface area contributed by atoms with Crippen LogP contribution in [0.3, 0.4) is 0 Å². The van der Waals surface area contributed by atoms with Crippen molar-refractivity contribution in [3.63, 3.8) is 0 Å². The second kappa shape index (κ2) is 4.64. The highest BCUT2D eigenvalue weighted by molar-refractivity contribution is 5.90. The van der Waals surface area contributed by atoms with Gasteiger partial charge in [-0.2, -0.15) is 0 Å². The van der Waals surface area contributed by atoms with Gasteiger partial charge in [0.1, 0.15) is 5.82 Å². The van der Waals surface area contributed by atoms with Crippen LogP contribution in [0.25, 0.3) is 0 Å². The summed E-state index contributed by atoms with van der Waals surface area (Å²) in [6, 6.07) is 7.00. The van der Waals surface area contributed by atoms with Crippen molar-refractivity contribution in [2.45, 2.75) is 25.8 Å². The molecule has 1 aromatic rings. The molecule has 0 fully saturated rings. The van der Waals surface area contributed by atoms with E-state index in [-0.39, 0.29) is 5.82 Å². The van der Waals surface area contributed by atoms with Crippen molar-refractivity contribution in [3.05, 3.63) is 30.1 Å². The van der Waals surface area contributed by atoms with Crippen molar-refractivity contribution in [3.8, 4) is 0 Å². The van der Waals surface area contributed by atoms with Crippen molar-refractivity contribution >= 4 is 11.4 Å². The molecule has 0 amide bonds. The standard InChI is InChI=1S/C13H17FN2/c1-10-13(4-3-9-15-10)16(2)12-7-5-11(14)6-8-12/h5-8,13H,3-4,9H2,1-2H3. The molecule has 86 valence electrons. The van der Waals surface area contributed by atoms with Crippen molar-refractivity contribution in [1.82, 2.24) is 0 Å². The summed E-state index contributed by atoms with van der Waals surface area (Å²) in [5.41, 5.74) is 2.22. The summed E-state index contributed by atoms with van der Waals surface area (Å²) in [5.74, 6) is -0.189. The molecule has 2 nitrogen and oxygen atoms in total. The zero-order chi connectivity index (χ0) is 11.5. The molecule has 0 bridgehead atoms. The normalized spacial score (nSPS) is 20.4. The van der Waals surface area contributed by atoms with Crippen molar-refractivity contribution in [1.29, 1.82) is 0 Å². The molecule has 0 radical (unpaired) electrons. The van der Waals surface area contributed by atoms with Gasteiger partial charge >= 0.3 is 0 Å². The molecule has 1 heterocycles. The van der Waals surface area contributed by atoms with Gasteiger partial charge in [0, 0.05) is 25.0 Å². The number of hydrogen-bond acceptors (Lipinski definition) is 2. The number of anilines is 1. The Balaban J connectivity index is 2.18. The summed E-state index contributed by atoms with van der Waals surface area (Å²) in [6.45, 7) is 3.02. The first-order chi connectivity index (χ1) is 7.68. The van der Waals surface area contributed by atoms with Gasteiger partial charge in [-0.3, -0.25) is 4.99 Å². The second-order valence-electron chi connectivity index (χ2n) is 4.27. The minimum Gasteiger partial charge on any atom is -0.366 e. The fourth-order valence-electron chi connectivity index (χ4n) is 2.18. The molecule has 0 spiro atoms. The summed E-state index contributed by atoms with van der Waals surface area (Å²) >= 11 is 0. The monoisotopic (exact) mass is 220 g/mol. The van der Waals surface area contributed by atoms with Gasteiger partial charge in [-0.05, 0) is 44.0 Å². The van der Waals surface area contributed by atoms with Gasteiger partial charge in [0.25, 0.3) is 0 Å². The molecular weight excluding hydrogens is 203 g/mol. The van der Waals surface area contributed by atoms with Crippen molar-refractivity contribution in [2.75, 3.05) is 18.5 Å². The molecule has 0 saturated heterocycles. The molecule has 0 N–H and O–H groups in total. The third kappa shape index (κ3) is 2.23. The molecule has 16 heavy (non-hydrogen) atoms. The van der Waals surface area contributed by atoms with Gasteiger partial charge in [0.05, 0.1) is 6.04 Å². The number of nitrogens with zero attached hydrogens (tertiary/aromatic N) is 2. The molecule has 0 aliphatic carbocycles. The number of rotatable bonds is 2. The largest absolute Gasteiger partial charge is 0.366 e. The summed E-state index contributed by atoms with van der Waals surface area (Å²) in [6.07, 6.45) is 2.26. The van der Waals surface area contributed by atoms with Crippen LogP contribution in [-0.4, -0.2) is 25.3 Å². The van der Waals surface area contributed by atoms with Crippen LogP contribution in [0.1, 0.15) is 19.8 Å². The van der Waals surface area contributed by atoms with E-state index in [9.17, 15) is 4.39 Å². The van der Waals surface area contributed by atoms with E-state index in [0.29, 0.717) is 6.04 Å². The molecule has 1 aromatic carbocycles. The third-order valence-corrected chi connectivity index (χ3v) is 3.18. The summed E-state index contributed by atoms with van der Waals surface area (Å²) in [4.78, 5) is 6.65. The van der Waals surface area contributed by atoms with E-state index in [1.807, 2.05) is 19.2 Å². The molecule has 1 unspecified atom stereocenters. The van der Waals surface area contributed by atoms with Gasteiger partial charge in [-0.25, -0.2) is 4.39 Å². The Morgan fingerprint density at radius 2 is 2.00 bits per heavy atom. The quantitative estimate of drug-likeness (QED) is 0.748. The molecule has 0 aromatic heterocycles. The first-order valence-electron chi connectivity index (χ1n) is 5.68. The van der Waals surface area contributed by atoms with Gasteiger partial charge < -0.3 is 4.90 Å². The minimum absolute atomic E-state index is 0.189. The maximum Gasteiger partial charge on any atom is 0.123 e. The Bertz CT molecular complexity index is 383. The maximum absolute atomic E-state index is 12.8. The summed E-state index contributed by atoms with van der Waals surface area (Å²) in [5, 5.41) is 0. The molecule has 2 rings (SSSR count). The Kier molecular flexibility index (Phi) is 3.22. The van der Waals surface area contributed by atoms with Gasteiger partial charge in [0.2, 0.25) is 0 Å². The number of benzene rings is 1. The van der Waals surface area contributed by atoms with Crippen LogP contribution in [0.4, 0.5) is 10.1 Å². The van der Waals surface area contributed by atoms with Crippen LogP contribution >= 0.6 is 0 Å². The van der Waals surface area contributed by atoms with Crippen LogP contribution in [0.5, 0.6) is 0 Å². The molecule has 3 heteroatoms. The first-order valence-corrected chi connectivity index (χ1v) is 5.68. The second-order valence-corrected chi connectivity index (χ2v) is 4.27. The van der Waals surface area contributed by atoms with Gasteiger partial charge in [-0.1, -0.05) is 0 Å². The smallest absolute Gasteiger partial charge is 0.123 e. The highest BCUT2D eigenvalue weighted by atomic mass is 19.1. The number of hydrogen-bond donors (Lipinski definition) is 0. The van der Waals surface area contributed by atoms with E-state index < -0.39 is 0 Å². The minimum atomic E-state index is -0.189. The van der Waals surface area contributed by atoms with E-state index in [2.05, 4.69) is 16.8 Å². The SMILES string of the molecule is CC1=NCCCC1N(C)c1ccc(F)cc1. The van der Waals surface area contributed by atoms with E-state index >= 15 is 0 Å². The average molecular weight is 220 g/mol. The Morgan fingerprint density at radius 1 is 1.31 bits per heavy atom. The summed E-state index contributed by atoms with van der Waals surface area (Å²) < 4.78 is 12.8. The lowest BCUT2D eigenvalue weighted by Gasteiger charge is -2.32. The van der Waals surface area contributed by atoms with Crippen LogP contribution < -0.4 is 4.90 Å². The number of aliphatic imine (C=N–C) groups is 1. The highest BCUT2D eigenvalue weighted by Gasteiger charge is 2.20. The van der Waals surface area contributed by atoms with Crippen molar-refractivity contribution < 1.29 is 4.39 Å². The average Bonchev–Trinajstić information content (AvgIpc) is 2.30. The Hall–Kier alpha value is -1.38. The van der Waals surface area contributed by atoms with E-state index in [4.69, 9.17) is 0 Å². The molecule has 1 aliphatic rings. The van der Waals surface area contributed by atoms with Crippen LogP contribution in [0, 0.1) is 5.82 Å². The van der Waals surface area contributed by atoms with Crippen LogP contribution in [0.2, 0.25) is 0 Å². The topological polar surface area (TPSA) is 15.6 Å². The molecule has 1 aliphatic heterocycles. The summed E-state index contributed by atoms with van der Waals surface area (Å²) in [7, 11) is 2.04. The molecule has 0 saturated carbocycles. The van der Waals surface area contributed by atoms with E-state index in [1.165, 1.54) is 17.8 Å². The Labute approximate surface area is 95.8 Å². The third-order valence-electron chi connectivity index (χ3n) is 3.18. The van der Waals surface area contributed by atoms with Crippen LogP contribution in [-0.2, 0) is 0 Å². The fourth-order valence-corrected chi connectivity index (χ4v) is 2.18. The lowest BCUT2D eigenvalue weighted by Crippen LogP contribution is -2.39. The maximum atomic E-state index is 12.8. The van der Waals surface area contributed by atoms with Gasteiger partial charge in [-0.15, -0.1) is 0 Å². The van der Waals surface area contributed by atoms with Crippen LogP contribution in [0.15, 0.2) is 29.3 Å². The predicted molar refractivity (Wildman–Crippen MR) is 65.8 cm³/mol. The predicted octanol–water partition coefficient (Wildman–Crippen LogP) is 2.89. The zero-order valence-electron chi connectivity index (χ0n) is 9.78. The van der Waals surface area contributed by atoms with E-state index in [0.717, 1.165) is 25.1 Å². The number of halogens is 1. The molecular formula is C13H17FN2. The molecule has 1 atom stereocenters. The van der Waals surface area contributed by atoms with Gasteiger partial charge in [0.15, 0.2) is 0 Å². The van der Waals surface area contributed by atoms with Crippen molar-refractivity contribution in [2.24, 2.45) is 4.99 Å².